The molecular formula is C19H20FN5O. The Kier molecular flexibility index (Phi) is 4.38. The number of imidazole rings is 1. The highest BCUT2D eigenvalue weighted by Crippen LogP contribution is 2.27. The summed E-state index contributed by atoms with van der Waals surface area (Å²) < 4.78 is 15.0. The summed E-state index contributed by atoms with van der Waals surface area (Å²) in [4.78, 5) is 23.0. The number of benzene rings is 1. The van der Waals surface area contributed by atoms with Crippen LogP contribution in [0.3, 0.4) is 0 Å². The lowest BCUT2D eigenvalue weighted by Gasteiger charge is -2.21. The Bertz CT molecular complexity index is 923. The highest BCUT2D eigenvalue weighted by Gasteiger charge is 2.31. The second-order valence-electron chi connectivity index (χ2n) is 6.67. The Morgan fingerprint density at radius 2 is 2.00 bits per heavy atom. The summed E-state index contributed by atoms with van der Waals surface area (Å²) in [6.45, 7) is 1.31. The number of halogens is 1. The van der Waals surface area contributed by atoms with Crippen LogP contribution in [-0.4, -0.2) is 44.3 Å². The molecule has 0 aliphatic carbocycles. The Hall–Kier alpha value is -2.80. The zero-order chi connectivity index (χ0) is 18.1. The lowest BCUT2D eigenvalue weighted by Crippen LogP contribution is -2.43. The molecule has 3 heterocycles. The van der Waals surface area contributed by atoms with Gasteiger partial charge in [0.15, 0.2) is 0 Å². The molecule has 1 fully saturated rings. The molecule has 6 nitrogen and oxygen atoms in total. The molecule has 2 atom stereocenters. The van der Waals surface area contributed by atoms with Crippen LogP contribution in [0.1, 0.15) is 23.6 Å². The highest BCUT2D eigenvalue weighted by molar-refractivity contribution is 5.82. The Morgan fingerprint density at radius 1 is 1.23 bits per heavy atom. The predicted molar refractivity (Wildman–Crippen MR) is 95.0 cm³/mol. The maximum atomic E-state index is 13.0. The third kappa shape index (κ3) is 3.17. The van der Waals surface area contributed by atoms with Gasteiger partial charge >= 0.3 is 0 Å². The summed E-state index contributed by atoms with van der Waals surface area (Å²) in [5.41, 5.74) is 8.08. The molecule has 0 radical (unpaired) electrons. The van der Waals surface area contributed by atoms with E-state index in [9.17, 15) is 9.18 Å². The molecule has 7 heteroatoms. The lowest BCUT2D eigenvalue weighted by atomic mass is 10.0. The zero-order valence-electron chi connectivity index (χ0n) is 14.3. The van der Waals surface area contributed by atoms with Gasteiger partial charge in [0.2, 0.25) is 11.7 Å². The van der Waals surface area contributed by atoms with Crippen LogP contribution >= 0.6 is 0 Å². The summed E-state index contributed by atoms with van der Waals surface area (Å²) in [7, 11) is 0. The van der Waals surface area contributed by atoms with E-state index in [0.29, 0.717) is 25.3 Å². The first-order chi connectivity index (χ1) is 12.6. The van der Waals surface area contributed by atoms with Crippen molar-refractivity contribution < 1.29 is 9.18 Å². The quantitative estimate of drug-likeness (QED) is 0.775. The van der Waals surface area contributed by atoms with E-state index in [1.807, 2.05) is 21.6 Å². The predicted octanol–water partition coefficient (Wildman–Crippen LogP) is 1.75. The van der Waals surface area contributed by atoms with Crippen LogP contribution in [0.2, 0.25) is 0 Å². The molecule has 3 aromatic rings. The van der Waals surface area contributed by atoms with E-state index in [1.165, 1.54) is 12.1 Å². The second kappa shape index (κ2) is 6.84. The summed E-state index contributed by atoms with van der Waals surface area (Å²) in [5, 5.41) is 0. The number of hydrogen-bond donors (Lipinski definition) is 1. The fraction of sp³-hybridized carbons (Fsp3) is 0.316. The van der Waals surface area contributed by atoms with Crippen molar-refractivity contribution in [2.75, 3.05) is 13.1 Å². The number of aromatic nitrogens is 3. The van der Waals surface area contributed by atoms with Crippen LogP contribution in [0, 0.1) is 5.82 Å². The number of carbonyl (C=O) groups excluding carboxylic acids is 1. The minimum Gasteiger partial charge on any atom is -0.341 e. The monoisotopic (exact) mass is 353 g/mol. The summed E-state index contributed by atoms with van der Waals surface area (Å²) >= 11 is 0. The molecule has 0 saturated carbocycles. The summed E-state index contributed by atoms with van der Waals surface area (Å²) in [5.74, 6) is 0.545. The summed E-state index contributed by atoms with van der Waals surface area (Å²) in [6, 6.07) is 7.47. The van der Waals surface area contributed by atoms with Crippen molar-refractivity contribution in [2.24, 2.45) is 5.73 Å². The number of nitrogens with zero attached hydrogens (tertiary/aromatic N) is 4. The minimum atomic E-state index is -0.620. The van der Waals surface area contributed by atoms with Crippen LogP contribution in [-0.2, 0) is 11.2 Å². The van der Waals surface area contributed by atoms with Gasteiger partial charge in [0.25, 0.3) is 0 Å². The van der Waals surface area contributed by atoms with Crippen molar-refractivity contribution in [3.05, 3.63) is 66.0 Å². The number of carbonyl (C=O) groups is 1. The number of rotatable bonds is 4. The van der Waals surface area contributed by atoms with Gasteiger partial charge < -0.3 is 10.6 Å². The topological polar surface area (TPSA) is 76.5 Å². The molecule has 1 amide bonds. The van der Waals surface area contributed by atoms with E-state index < -0.39 is 6.04 Å². The maximum Gasteiger partial charge on any atom is 0.239 e. The van der Waals surface area contributed by atoms with Crippen LogP contribution in [0.4, 0.5) is 4.39 Å². The van der Waals surface area contributed by atoms with Crippen LogP contribution < -0.4 is 5.73 Å². The lowest BCUT2D eigenvalue weighted by molar-refractivity contribution is -0.131. The number of likely N-dealkylation sites (tertiary alicyclic amines) is 1. The van der Waals surface area contributed by atoms with E-state index in [4.69, 9.17) is 5.73 Å². The molecule has 2 N–H and O–H groups in total. The van der Waals surface area contributed by atoms with Gasteiger partial charge in [0, 0.05) is 43.3 Å². The molecule has 0 unspecified atom stereocenters. The molecule has 134 valence electrons. The normalized spacial score (nSPS) is 18.4. The average Bonchev–Trinajstić information content (AvgIpc) is 3.32. The molecule has 1 aliphatic rings. The molecule has 26 heavy (non-hydrogen) atoms. The Labute approximate surface area is 150 Å². The number of amides is 1. The van der Waals surface area contributed by atoms with Gasteiger partial charge in [-0.3, -0.25) is 9.20 Å². The van der Waals surface area contributed by atoms with Crippen molar-refractivity contribution in [1.29, 1.82) is 0 Å². The second-order valence-corrected chi connectivity index (χ2v) is 6.67. The van der Waals surface area contributed by atoms with Gasteiger partial charge in [-0.1, -0.05) is 12.1 Å². The van der Waals surface area contributed by atoms with Crippen LogP contribution in [0.25, 0.3) is 5.78 Å². The molecule has 0 bridgehead atoms. The van der Waals surface area contributed by atoms with Crippen LogP contribution in [0.15, 0.2) is 48.9 Å². The first kappa shape index (κ1) is 16.7. The molecule has 1 aliphatic heterocycles. The van der Waals surface area contributed by atoms with E-state index in [2.05, 4.69) is 9.97 Å². The fourth-order valence-corrected chi connectivity index (χ4v) is 3.58. The summed E-state index contributed by atoms with van der Waals surface area (Å²) in [6.07, 6.45) is 6.65. The van der Waals surface area contributed by atoms with Crippen molar-refractivity contribution in [3.8, 4) is 0 Å². The van der Waals surface area contributed by atoms with Gasteiger partial charge in [-0.2, -0.15) is 0 Å². The van der Waals surface area contributed by atoms with Gasteiger partial charge in [-0.15, -0.1) is 0 Å². The molecule has 0 spiro atoms. The van der Waals surface area contributed by atoms with Gasteiger partial charge in [-0.25, -0.2) is 14.4 Å². The first-order valence-corrected chi connectivity index (χ1v) is 8.68. The molecular weight excluding hydrogens is 333 g/mol. The van der Waals surface area contributed by atoms with Gasteiger partial charge in [-0.05, 0) is 36.6 Å². The number of fused-ring (bicyclic) bond motifs is 1. The van der Waals surface area contributed by atoms with Crippen LogP contribution in [0.5, 0.6) is 0 Å². The molecule has 4 rings (SSSR count). The first-order valence-electron chi connectivity index (χ1n) is 8.68. The van der Waals surface area contributed by atoms with E-state index in [1.54, 1.807) is 24.5 Å². The van der Waals surface area contributed by atoms with Crippen molar-refractivity contribution in [1.82, 2.24) is 19.3 Å². The van der Waals surface area contributed by atoms with E-state index in [-0.39, 0.29) is 17.6 Å². The highest BCUT2D eigenvalue weighted by atomic mass is 19.1. The largest absolute Gasteiger partial charge is 0.341 e. The maximum absolute atomic E-state index is 13.0. The van der Waals surface area contributed by atoms with Gasteiger partial charge in [0.05, 0.1) is 6.04 Å². The zero-order valence-corrected chi connectivity index (χ0v) is 14.3. The van der Waals surface area contributed by atoms with E-state index >= 15 is 0 Å². The smallest absolute Gasteiger partial charge is 0.239 e. The third-order valence-corrected chi connectivity index (χ3v) is 4.94. The molecule has 1 aromatic carbocycles. The van der Waals surface area contributed by atoms with Gasteiger partial charge in [0.1, 0.15) is 5.82 Å². The third-order valence-electron chi connectivity index (χ3n) is 4.94. The molecule has 2 aromatic heterocycles. The fourth-order valence-electron chi connectivity index (χ4n) is 3.58. The van der Waals surface area contributed by atoms with E-state index in [0.717, 1.165) is 17.7 Å². The van der Waals surface area contributed by atoms with Crippen molar-refractivity contribution in [2.45, 2.75) is 24.8 Å². The minimum absolute atomic E-state index is 0.0623. The standard InChI is InChI=1S/C19H20FN5O/c20-15-3-1-13(2-4-15)11-16(21)18(26)24-9-6-14(12-24)17-5-7-22-19-23-8-10-25(17)19/h1-5,7-8,10,14,16H,6,9,11-12,21H2/t14-,16+/m0/s1. The SMILES string of the molecule is N[C@H](Cc1ccc(F)cc1)C(=O)N1CC[C@H](c2ccnc3nccn23)C1. The van der Waals surface area contributed by atoms with Crippen molar-refractivity contribution in [3.63, 3.8) is 0 Å². The Morgan fingerprint density at radius 3 is 2.81 bits per heavy atom. The van der Waals surface area contributed by atoms with Crippen molar-refractivity contribution >= 4 is 11.7 Å². The average molecular weight is 353 g/mol. The Balaban J connectivity index is 1.43. The number of nitrogens with two attached hydrogens (primary N) is 1. The molecule has 1 saturated heterocycles. The number of hydrogen-bond acceptors (Lipinski definition) is 4.